The Kier molecular flexibility index (Phi) is 5.79. The van der Waals surface area contributed by atoms with E-state index in [-0.39, 0.29) is 6.61 Å². The molecule has 4 rings (SSSR count). The van der Waals surface area contributed by atoms with E-state index in [9.17, 15) is 0 Å². The number of nitrogens with one attached hydrogen (secondary N) is 1. The highest BCUT2D eigenvalue weighted by Crippen LogP contribution is 2.32. The van der Waals surface area contributed by atoms with Crippen LogP contribution >= 0.6 is 0 Å². The standard InChI is InChI=1S/C24H23N3O2/c1-17-21(19-6-3-2-4-7-19)8-5-9-22(17)24-27-26-23(29-24)20-12-10-18(11-13-20)16-25-14-15-28/h2-13,25,28H,14-16H2,1H3. The third-order valence-corrected chi connectivity index (χ3v) is 4.89. The summed E-state index contributed by atoms with van der Waals surface area (Å²) in [6, 6.07) is 24.4. The summed E-state index contributed by atoms with van der Waals surface area (Å²) in [5, 5.41) is 20.5. The Hall–Kier alpha value is -3.28. The summed E-state index contributed by atoms with van der Waals surface area (Å²) in [7, 11) is 0. The molecule has 0 aliphatic rings. The van der Waals surface area contributed by atoms with Gasteiger partial charge in [0.15, 0.2) is 0 Å². The fourth-order valence-electron chi connectivity index (χ4n) is 3.32. The number of benzene rings is 3. The summed E-state index contributed by atoms with van der Waals surface area (Å²) in [6.07, 6.45) is 0. The van der Waals surface area contributed by atoms with Crippen molar-refractivity contribution in [2.24, 2.45) is 0 Å². The number of hydrogen-bond acceptors (Lipinski definition) is 5. The Morgan fingerprint density at radius 1 is 0.793 bits per heavy atom. The number of aliphatic hydroxyl groups excluding tert-OH is 1. The Bertz CT molecular complexity index is 1070. The largest absolute Gasteiger partial charge is 0.416 e. The maximum Gasteiger partial charge on any atom is 0.248 e. The second-order valence-corrected chi connectivity index (χ2v) is 6.85. The maximum absolute atomic E-state index is 8.84. The first-order valence-corrected chi connectivity index (χ1v) is 9.66. The van der Waals surface area contributed by atoms with Crippen molar-refractivity contribution in [3.63, 3.8) is 0 Å². The monoisotopic (exact) mass is 385 g/mol. The molecule has 0 saturated carbocycles. The SMILES string of the molecule is Cc1c(-c2ccccc2)cccc1-c1nnc(-c2ccc(CNCCO)cc2)o1. The van der Waals surface area contributed by atoms with E-state index in [1.807, 2.05) is 54.6 Å². The molecule has 0 bridgehead atoms. The van der Waals surface area contributed by atoms with Gasteiger partial charge < -0.3 is 14.8 Å². The summed E-state index contributed by atoms with van der Waals surface area (Å²) >= 11 is 0. The average Bonchev–Trinajstić information content (AvgIpc) is 3.25. The molecule has 0 saturated heterocycles. The molecule has 0 aliphatic carbocycles. The molecule has 5 nitrogen and oxygen atoms in total. The first kappa shape index (κ1) is 19.1. The average molecular weight is 385 g/mol. The van der Waals surface area contributed by atoms with E-state index in [4.69, 9.17) is 9.52 Å². The lowest BCUT2D eigenvalue weighted by atomic mass is 9.96. The van der Waals surface area contributed by atoms with Gasteiger partial charge in [-0.05, 0) is 47.4 Å². The van der Waals surface area contributed by atoms with Crippen molar-refractivity contribution in [3.8, 4) is 34.0 Å². The van der Waals surface area contributed by atoms with Crippen LogP contribution in [0, 0.1) is 6.92 Å². The van der Waals surface area contributed by atoms with Crippen LogP contribution in [-0.4, -0.2) is 28.5 Å². The Morgan fingerprint density at radius 3 is 2.28 bits per heavy atom. The molecule has 0 aliphatic heterocycles. The lowest BCUT2D eigenvalue weighted by molar-refractivity contribution is 0.292. The van der Waals surface area contributed by atoms with Gasteiger partial charge in [-0.15, -0.1) is 10.2 Å². The molecule has 0 unspecified atom stereocenters. The van der Waals surface area contributed by atoms with Gasteiger partial charge in [0.1, 0.15) is 0 Å². The van der Waals surface area contributed by atoms with E-state index in [1.54, 1.807) is 0 Å². The van der Waals surface area contributed by atoms with Crippen molar-refractivity contribution in [1.29, 1.82) is 0 Å². The summed E-state index contributed by atoms with van der Waals surface area (Å²) in [6.45, 7) is 3.50. The Morgan fingerprint density at radius 2 is 1.52 bits per heavy atom. The van der Waals surface area contributed by atoms with Gasteiger partial charge in [0.05, 0.1) is 6.61 Å². The van der Waals surface area contributed by atoms with Crippen LogP contribution in [0.3, 0.4) is 0 Å². The molecule has 146 valence electrons. The zero-order valence-corrected chi connectivity index (χ0v) is 16.3. The highest BCUT2D eigenvalue weighted by Gasteiger charge is 2.14. The minimum Gasteiger partial charge on any atom is -0.416 e. The van der Waals surface area contributed by atoms with Gasteiger partial charge in [-0.25, -0.2) is 0 Å². The van der Waals surface area contributed by atoms with Crippen molar-refractivity contribution in [3.05, 3.63) is 83.9 Å². The molecule has 5 heteroatoms. The maximum atomic E-state index is 8.84. The van der Waals surface area contributed by atoms with E-state index < -0.39 is 0 Å². The zero-order valence-electron chi connectivity index (χ0n) is 16.3. The molecule has 0 fully saturated rings. The van der Waals surface area contributed by atoms with Crippen molar-refractivity contribution in [2.45, 2.75) is 13.5 Å². The van der Waals surface area contributed by atoms with E-state index in [1.165, 1.54) is 0 Å². The van der Waals surface area contributed by atoms with E-state index in [0.717, 1.165) is 33.4 Å². The van der Waals surface area contributed by atoms with E-state index >= 15 is 0 Å². The van der Waals surface area contributed by atoms with Gasteiger partial charge in [0.25, 0.3) is 0 Å². The second-order valence-electron chi connectivity index (χ2n) is 6.85. The van der Waals surface area contributed by atoms with Gasteiger partial charge in [0, 0.05) is 24.2 Å². The van der Waals surface area contributed by atoms with Crippen molar-refractivity contribution < 1.29 is 9.52 Å². The number of aliphatic hydroxyl groups is 1. The predicted octanol–water partition coefficient (Wildman–Crippen LogP) is 4.46. The molecule has 2 N–H and O–H groups in total. The van der Waals surface area contributed by atoms with Crippen LogP contribution in [0.2, 0.25) is 0 Å². The highest BCUT2D eigenvalue weighted by molar-refractivity contribution is 5.75. The van der Waals surface area contributed by atoms with Crippen LogP contribution in [0.1, 0.15) is 11.1 Å². The first-order chi connectivity index (χ1) is 14.3. The molecule has 29 heavy (non-hydrogen) atoms. The third kappa shape index (κ3) is 4.26. The normalized spacial score (nSPS) is 11.0. The summed E-state index contributed by atoms with van der Waals surface area (Å²) in [5.74, 6) is 1.02. The van der Waals surface area contributed by atoms with Crippen LogP contribution in [0.5, 0.6) is 0 Å². The molecule has 4 aromatic rings. The van der Waals surface area contributed by atoms with Gasteiger partial charge in [-0.1, -0.05) is 54.6 Å². The van der Waals surface area contributed by atoms with E-state index in [2.05, 4.69) is 40.6 Å². The molecule has 0 spiro atoms. The molecule has 0 atom stereocenters. The molecule has 1 aromatic heterocycles. The Labute approximate surface area is 170 Å². The molecule has 3 aromatic carbocycles. The van der Waals surface area contributed by atoms with Crippen molar-refractivity contribution >= 4 is 0 Å². The van der Waals surface area contributed by atoms with Gasteiger partial charge in [0.2, 0.25) is 11.8 Å². The smallest absolute Gasteiger partial charge is 0.248 e. The van der Waals surface area contributed by atoms with Crippen molar-refractivity contribution in [2.75, 3.05) is 13.2 Å². The first-order valence-electron chi connectivity index (χ1n) is 9.66. The molecule has 0 radical (unpaired) electrons. The van der Waals surface area contributed by atoms with Gasteiger partial charge in [-0.3, -0.25) is 0 Å². The Balaban J connectivity index is 1.58. The number of hydrogen-bond donors (Lipinski definition) is 2. The number of nitrogens with zero attached hydrogens (tertiary/aromatic N) is 2. The lowest BCUT2D eigenvalue weighted by Crippen LogP contribution is -2.17. The third-order valence-electron chi connectivity index (χ3n) is 4.89. The summed E-state index contributed by atoms with van der Waals surface area (Å²) < 4.78 is 5.99. The zero-order chi connectivity index (χ0) is 20.1. The molecular formula is C24H23N3O2. The lowest BCUT2D eigenvalue weighted by Gasteiger charge is -2.09. The summed E-state index contributed by atoms with van der Waals surface area (Å²) in [5.41, 5.74) is 6.38. The number of rotatable bonds is 7. The van der Waals surface area contributed by atoms with Crippen LogP contribution in [0.15, 0.2) is 77.2 Å². The fourth-order valence-corrected chi connectivity index (χ4v) is 3.32. The van der Waals surface area contributed by atoms with Crippen LogP contribution in [-0.2, 0) is 6.54 Å². The predicted molar refractivity (Wildman–Crippen MR) is 114 cm³/mol. The van der Waals surface area contributed by atoms with Crippen molar-refractivity contribution in [1.82, 2.24) is 15.5 Å². The fraction of sp³-hybridized carbons (Fsp3) is 0.167. The minimum atomic E-state index is 0.133. The quantitative estimate of drug-likeness (QED) is 0.460. The highest BCUT2D eigenvalue weighted by atomic mass is 16.4. The van der Waals surface area contributed by atoms with Gasteiger partial charge >= 0.3 is 0 Å². The van der Waals surface area contributed by atoms with Crippen LogP contribution in [0.4, 0.5) is 0 Å². The summed E-state index contributed by atoms with van der Waals surface area (Å²) in [4.78, 5) is 0. The van der Waals surface area contributed by atoms with Crippen LogP contribution < -0.4 is 5.32 Å². The molecule has 0 amide bonds. The van der Waals surface area contributed by atoms with E-state index in [0.29, 0.717) is 24.9 Å². The topological polar surface area (TPSA) is 71.2 Å². The molecule has 1 heterocycles. The molecular weight excluding hydrogens is 362 g/mol. The van der Waals surface area contributed by atoms with Crippen LogP contribution in [0.25, 0.3) is 34.0 Å². The minimum absolute atomic E-state index is 0.133. The second kappa shape index (κ2) is 8.82. The number of aromatic nitrogens is 2. The van der Waals surface area contributed by atoms with Gasteiger partial charge in [-0.2, -0.15) is 0 Å².